The van der Waals surface area contributed by atoms with Crippen LogP contribution in [0.5, 0.6) is 11.5 Å². The molecule has 1 N–H and O–H groups in total. The van der Waals surface area contributed by atoms with Gasteiger partial charge >= 0.3 is 0 Å². The summed E-state index contributed by atoms with van der Waals surface area (Å²) in [4.78, 5) is 7.13. The van der Waals surface area contributed by atoms with E-state index >= 15 is 0 Å². The van der Waals surface area contributed by atoms with E-state index in [2.05, 4.69) is 26.7 Å². The van der Waals surface area contributed by atoms with Crippen LogP contribution in [0.2, 0.25) is 0 Å². The van der Waals surface area contributed by atoms with Gasteiger partial charge in [0.1, 0.15) is 22.7 Å². The van der Waals surface area contributed by atoms with E-state index in [1.165, 1.54) is 6.42 Å². The van der Waals surface area contributed by atoms with E-state index in [9.17, 15) is 5.11 Å². The summed E-state index contributed by atoms with van der Waals surface area (Å²) in [5, 5.41) is 19.7. The summed E-state index contributed by atoms with van der Waals surface area (Å²) in [6, 6.07) is 5.69. The smallest absolute Gasteiger partial charge is 0.183 e. The fourth-order valence-electron chi connectivity index (χ4n) is 4.34. The lowest BCUT2D eigenvalue weighted by atomic mass is 10.0. The number of likely N-dealkylation sites (N-methyl/N-ethyl adjacent to an activating group) is 1. The first-order valence-electron chi connectivity index (χ1n) is 9.94. The Kier molecular flexibility index (Phi) is 4.19. The molecule has 1 aliphatic carbocycles. The highest BCUT2D eigenvalue weighted by Gasteiger charge is 2.33. The number of imidazole rings is 1. The lowest BCUT2D eigenvalue weighted by Gasteiger charge is -2.30. The highest BCUT2D eigenvalue weighted by molar-refractivity contribution is 5.84. The second-order valence-electron chi connectivity index (χ2n) is 8.00. The lowest BCUT2D eigenvalue weighted by molar-refractivity contribution is 0.214. The van der Waals surface area contributed by atoms with Gasteiger partial charge in [-0.1, -0.05) is 0 Å². The number of hydrogen-bond acceptors (Lipinski definition) is 6. The molecule has 5 rings (SSSR count). The zero-order chi connectivity index (χ0) is 19.3. The molecule has 0 spiro atoms. The summed E-state index contributed by atoms with van der Waals surface area (Å²) in [6.45, 7) is 2.15. The number of hydrogen-bond donors (Lipinski definition) is 1. The molecule has 1 aliphatic heterocycles. The van der Waals surface area contributed by atoms with Crippen LogP contribution in [0.3, 0.4) is 0 Å². The van der Waals surface area contributed by atoms with Crippen molar-refractivity contribution in [3.63, 3.8) is 0 Å². The maximum atomic E-state index is 10.5. The number of phenols is 1. The van der Waals surface area contributed by atoms with E-state index < -0.39 is 0 Å². The molecule has 0 amide bonds. The van der Waals surface area contributed by atoms with Crippen molar-refractivity contribution >= 4 is 11.2 Å². The summed E-state index contributed by atoms with van der Waals surface area (Å²) in [5.41, 5.74) is 4.33. The van der Waals surface area contributed by atoms with Crippen LogP contribution in [0, 0.1) is 0 Å². The molecule has 7 nitrogen and oxygen atoms in total. The van der Waals surface area contributed by atoms with Crippen LogP contribution in [0.25, 0.3) is 22.4 Å². The first kappa shape index (κ1) is 17.4. The Morgan fingerprint density at radius 2 is 2.04 bits per heavy atom. The van der Waals surface area contributed by atoms with Crippen LogP contribution in [0.1, 0.15) is 43.2 Å². The zero-order valence-corrected chi connectivity index (χ0v) is 16.3. The van der Waals surface area contributed by atoms with Crippen LogP contribution in [0.15, 0.2) is 24.5 Å². The summed E-state index contributed by atoms with van der Waals surface area (Å²) in [6.07, 6.45) is 6.50. The fourth-order valence-corrected chi connectivity index (χ4v) is 4.34. The van der Waals surface area contributed by atoms with Crippen LogP contribution < -0.4 is 4.74 Å². The van der Waals surface area contributed by atoms with Crippen LogP contribution >= 0.6 is 0 Å². The van der Waals surface area contributed by atoms with Crippen molar-refractivity contribution < 1.29 is 9.84 Å². The Bertz CT molecular complexity index is 1030. The standard InChI is InChI=1S/C21H25N5O2/c1-25-9-3-4-14(11-25)26-12-22-20-18(13-5-6-13)19(23-24-21(20)26)16-8-7-15(28-2)10-17(16)27/h7-8,10,12-14,27H,3-6,9,11H2,1-2H3/t14-/m1/s1. The molecule has 1 saturated carbocycles. The minimum Gasteiger partial charge on any atom is -0.507 e. The number of aromatic nitrogens is 4. The third kappa shape index (κ3) is 2.90. The third-order valence-electron chi connectivity index (χ3n) is 5.96. The Balaban J connectivity index is 1.63. The number of ether oxygens (including phenoxy) is 1. The molecule has 2 aromatic heterocycles. The molecular formula is C21H25N5O2. The molecule has 0 bridgehead atoms. The average Bonchev–Trinajstić information content (AvgIpc) is 3.45. The molecule has 0 unspecified atom stereocenters. The molecule has 3 aromatic rings. The number of nitrogens with zero attached hydrogens (tertiary/aromatic N) is 5. The Labute approximate surface area is 164 Å². The minimum absolute atomic E-state index is 0.156. The monoisotopic (exact) mass is 379 g/mol. The van der Waals surface area contributed by atoms with E-state index in [0.29, 0.717) is 23.3 Å². The summed E-state index contributed by atoms with van der Waals surface area (Å²) in [7, 11) is 3.75. The Morgan fingerprint density at radius 3 is 2.75 bits per heavy atom. The second-order valence-corrected chi connectivity index (χ2v) is 8.00. The Morgan fingerprint density at radius 1 is 1.18 bits per heavy atom. The third-order valence-corrected chi connectivity index (χ3v) is 5.96. The van der Waals surface area contributed by atoms with Crippen molar-refractivity contribution in [2.75, 3.05) is 27.2 Å². The van der Waals surface area contributed by atoms with E-state index in [-0.39, 0.29) is 5.75 Å². The highest BCUT2D eigenvalue weighted by atomic mass is 16.5. The molecule has 28 heavy (non-hydrogen) atoms. The molecule has 1 saturated heterocycles. The number of methoxy groups -OCH3 is 1. The quantitative estimate of drug-likeness (QED) is 0.749. The SMILES string of the molecule is COc1ccc(-c2nnc3c(ncn3[C@@H]3CCCN(C)C3)c2C2CC2)c(O)c1. The van der Waals surface area contributed by atoms with Crippen LogP contribution in [-0.4, -0.2) is 57.0 Å². The number of rotatable bonds is 4. The minimum atomic E-state index is 0.156. The highest BCUT2D eigenvalue weighted by Crippen LogP contribution is 2.47. The topological polar surface area (TPSA) is 76.3 Å². The van der Waals surface area contributed by atoms with Crippen molar-refractivity contribution in [2.24, 2.45) is 0 Å². The van der Waals surface area contributed by atoms with E-state index in [0.717, 1.165) is 54.8 Å². The van der Waals surface area contributed by atoms with Crippen molar-refractivity contribution in [1.29, 1.82) is 0 Å². The molecule has 1 aromatic carbocycles. The lowest BCUT2D eigenvalue weighted by Crippen LogP contribution is -2.33. The van der Waals surface area contributed by atoms with Gasteiger partial charge in [0.05, 0.1) is 13.4 Å². The van der Waals surface area contributed by atoms with Gasteiger partial charge in [-0.15, -0.1) is 10.2 Å². The van der Waals surface area contributed by atoms with Gasteiger partial charge in [0.25, 0.3) is 0 Å². The van der Waals surface area contributed by atoms with Crippen molar-refractivity contribution in [2.45, 2.75) is 37.6 Å². The molecular weight excluding hydrogens is 354 g/mol. The fraction of sp³-hybridized carbons (Fsp3) is 0.476. The van der Waals surface area contributed by atoms with Crippen LogP contribution in [-0.2, 0) is 0 Å². The number of likely N-dealkylation sites (tertiary alicyclic amines) is 1. The van der Waals surface area contributed by atoms with Gasteiger partial charge in [0.15, 0.2) is 5.65 Å². The maximum absolute atomic E-state index is 10.5. The maximum Gasteiger partial charge on any atom is 0.183 e. The summed E-state index contributed by atoms with van der Waals surface area (Å²) >= 11 is 0. The second kappa shape index (κ2) is 6.74. The van der Waals surface area contributed by atoms with E-state index in [1.54, 1.807) is 13.2 Å². The molecule has 2 aliphatic rings. The van der Waals surface area contributed by atoms with E-state index in [1.807, 2.05) is 18.5 Å². The van der Waals surface area contributed by atoms with Gasteiger partial charge in [-0.3, -0.25) is 0 Å². The average molecular weight is 379 g/mol. The molecule has 1 atom stereocenters. The largest absolute Gasteiger partial charge is 0.507 e. The summed E-state index contributed by atoms with van der Waals surface area (Å²) < 4.78 is 7.41. The van der Waals surface area contributed by atoms with Gasteiger partial charge in [0.2, 0.25) is 0 Å². The zero-order valence-electron chi connectivity index (χ0n) is 16.3. The number of fused-ring (bicyclic) bond motifs is 1. The molecule has 7 heteroatoms. The molecule has 146 valence electrons. The van der Waals surface area contributed by atoms with Gasteiger partial charge in [-0.05, 0) is 57.3 Å². The van der Waals surface area contributed by atoms with Gasteiger partial charge in [-0.2, -0.15) is 0 Å². The number of phenolic OH excluding ortho intramolecular Hbond substituents is 1. The van der Waals surface area contributed by atoms with Crippen molar-refractivity contribution in [3.8, 4) is 22.8 Å². The van der Waals surface area contributed by atoms with Crippen molar-refractivity contribution in [3.05, 3.63) is 30.1 Å². The van der Waals surface area contributed by atoms with E-state index in [4.69, 9.17) is 9.72 Å². The number of benzene rings is 1. The number of aromatic hydroxyl groups is 1. The Hall–Kier alpha value is -2.67. The predicted octanol–water partition coefficient (Wildman–Crippen LogP) is 3.35. The first-order valence-corrected chi connectivity index (χ1v) is 9.94. The molecule has 3 heterocycles. The summed E-state index contributed by atoms with van der Waals surface area (Å²) in [5.74, 6) is 1.21. The van der Waals surface area contributed by atoms with Gasteiger partial charge < -0.3 is 19.3 Å². The molecule has 2 fully saturated rings. The first-order chi connectivity index (χ1) is 13.7. The van der Waals surface area contributed by atoms with Gasteiger partial charge in [0, 0.05) is 29.8 Å². The van der Waals surface area contributed by atoms with Crippen LogP contribution in [0.4, 0.5) is 0 Å². The molecule has 0 radical (unpaired) electrons. The van der Waals surface area contributed by atoms with Gasteiger partial charge in [-0.25, -0.2) is 4.98 Å². The number of piperidine rings is 1. The normalized spacial score (nSPS) is 20.6. The van der Waals surface area contributed by atoms with Crippen molar-refractivity contribution in [1.82, 2.24) is 24.6 Å². The predicted molar refractivity (Wildman–Crippen MR) is 107 cm³/mol.